The lowest BCUT2D eigenvalue weighted by Crippen LogP contribution is -2.44. The first-order valence-electron chi connectivity index (χ1n) is 20.8. The Bertz CT molecular complexity index is 1640. The van der Waals surface area contributed by atoms with Crippen LogP contribution < -0.4 is 0 Å². The standard InChI is InChI=1S/C29H40O4Si2.C18H34O5Si2/c1-8-24(3)31-22-27-14-10-12-25(20-27)16-18-34(4,5)33-35(6,7)19-17-26-13-11-15-28(21-26)23-32-29(30)9-2;1-15(2)17(19)21-11-9-13-24(5,6)23-25(7,8)14-10-12-22-18(20)16(3)4/h8-15,20-21H,1-3,16-19,22-23H2,4-7H3;1,3,9-14H2,2,4-8H3. The number of aryl methyl sites for hydroxylation is 2. The highest BCUT2D eigenvalue weighted by atomic mass is 28.4. The number of hydrogen-bond donors (Lipinski definition) is 0. The third-order valence-corrected chi connectivity index (χ3v) is 24.2. The molecule has 2 rings (SSSR count). The summed E-state index contributed by atoms with van der Waals surface area (Å²) in [6, 6.07) is 20.8. The molecule has 13 heteroatoms. The summed E-state index contributed by atoms with van der Waals surface area (Å²) < 4.78 is 34.4. The van der Waals surface area contributed by atoms with Gasteiger partial charge in [-0.25, -0.2) is 14.4 Å². The van der Waals surface area contributed by atoms with Crippen LogP contribution in [0.15, 0.2) is 110 Å². The minimum atomic E-state index is -1.84. The molecule has 0 aromatic heterocycles. The maximum absolute atomic E-state index is 11.4. The molecule has 0 saturated heterocycles. The number of rotatable bonds is 27. The molecule has 0 unspecified atom stereocenters. The Morgan fingerprint density at radius 2 is 0.900 bits per heavy atom. The van der Waals surface area contributed by atoms with Gasteiger partial charge in [-0.15, -0.1) is 0 Å². The Morgan fingerprint density at radius 3 is 1.27 bits per heavy atom. The van der Waals surface area contributed by atoms with Crippen LogP contribution in [0.5, 0.6) is 0 Å². The lowest BCUT2D eigenvalue weighted by molar-refractivity contribution is -0.139. The summed E-state index contributed by atoms with van der Waals surface area (Å²) in [5.74, 6) is -0.477. The molecule has 0 atom stereocenters. The molecule has 0 fully saturated rings. The van der Waals surface area contributed by atoms with Gasteiger partial charge in [-0.3, -0.25) is 0 Å². The van der Waals surface area contributed by atoms with Crippen LogP contribution in [0.4, 0.5) is 0 Å². The van der Waals surface area contributed by atoms with Crippen LogP contribution in [-0.4, -0.2) is 64.4 Å². The maximum Gasteiger partial charge on any atom is 0.333 e. The first-order valence-corrected chi connectivity index (χ1v) is 33.3. The Hall–Kier alpha value is -3.86. The van der Waals surface area contributed by atoms with Crippen molar-refractivity contribution in [3.8, 4) is 0 Å². The van der Waals surface area contributed by atoms with E-state index >= 15 is 0 Å². The summed E-state index contributed by atoms with van der Waals surface area (Å²) in [7, 11) is -7.28. The van der Waals surface area contributed by atoms with Crippen LogP contribution in [0.3, 0.4) is 0 Å². The van der Waals surface area contributed by atoms with E-state index < -0.39 is 39.2 Å². The van der Waals surface area contributed by atoms with Gasteiger partial charge in [0.05, 0.1) is 13.2 Å². The first kappa shape index (κ1) is 54.2. The van der Waals surface area contributed by atoms with E-state index in [1.807, 2.05) is 12.1 Å². The molecule has 9 nitrogen and oxygen atoms in total. The van der Waals surface area contributed by atoms with Crippen LogP contribution in [-0.2, 0) is 67.6 Å². The molecule has 0 aliphatic heterocycles. The van der Waals surface area contributed by atoms with Gasteiger partial charge in [0.2, 0.25) is 0 Å². The Kier molecular flexibility index (Phi) is 23.9. The number of hydrogen-bond acceptors (Lipinski definition) is 9. The highest BCUT2D eigenvalue weighted by Gasteiger charge is 2.33. The second-order valence-electron chi connectivity index (χ2n) is 17.7. The van der Waals surface area contributed by atoms with Crippen molar-refractivity contribution in [1.29, 1.82) is 0 Å². The lowest BCUT2D eigenvalue weighted by Gasteiger charge is -2.34. The minimum Gasteiger partial charge on any atom is -0.490 e. The van der Waals surface area contributed by atoms with Crippen LogP contribution in [0.1, 0.15) is 48.9 Å². The van der Waals surface area contributed by atoms with Gasteiger partial charge in [-0.1, -0.05) is 81.4 Å². The van der Waals surface area contributed by atoms with E-state index in [0.717, 1.165) is 61.0 Å². The number of benzene rings is 2. The topological polar surface area (TPSA) is 107 Å². The van der Waals surface area contributed by atoms with Gasteiger partial charge >= 0.3 is 17.9 Å². The molecule has 0 aliphatic carbocycles. The average molecular weight is 895 g/mol. The van der Waals surface area contributed by atoms with Gasteiger partial charge in [-0.2, -0.15) is 0 Å². The summed E-state index contributed by atoms with van der Waals surface area (Å²) in [5.41, 5.74) is 5.55. The maximum atomic E-state index is 11.4. The Morgan fingerprint density at radius 1 is 0.533 bits per heavy atom. The van der Waals surface area contributed by atoms with Crippen molar-refractivity contribution >= 4 is 51.2 Å². The highest BCUT2D eigenvalue weighted by Crippen LogP contribution is 2.26. The number of allylic oxidation sites excluding steroid dienone is 1. The van der Waals surface area contributed by atoms with E-state index in [4.69, 9.17) is 27.2 Å². The largest absolute Gasteiger partial charge is 0.490 e. The Labute approximate surface area is 366 Å². The molecule has 0 radical (unpaired) electrons. The Balaban J connectivity index is 0.000000638. The fourth-order valence-electron chi connectivity index (χ4n) is 6.36. The van der Waals surface area contributed by atoms with Crippen molar-refractivity contribution in [2.75, 3.05) is 13.2 Å². The van der Waals surface area contributed by atoms with Crippen molar-refractivity contribution in [1.82, 2.24) is 0 Å². The molecule has 0 bridgehead atoms. The summed E-state index contributed by atoms with van der Waals surface area (Å²) in [5, 5.41) is 0. The van der Waals surface area contributed by atoms with Gasteiger partial charge in [0.25, 0.3) is 0 Å². The van der Waals surface area contributed by atoms with E-state index in [0.29, 0.717) is 36.7 Å². The quantitative estimate of drug-likeness (QED) is 0.0165. The van der Waals surface area contributed by atoms with Gasteiger partial charge in [0.15, 0.2) is 33.3 Å². The van der Waals surface area contributed by atoms with Gasteiger partial charge in [0, 0.05) is 17.2 Å². The van der Waals surface area contributed by atoms with Crippen molar-refractivity contribution < 1.29 is 41.6 Å². The zero-order valence-electron chi connectivity index (χ0n) is 38.5. The van der Waals surface area contributed by atoms with Crippen LogP contribution in [0, 0.1) is 0 Å². The third kappa shape index (κ3) is 25.0. The molecule has 60 heavy (non-hydrogen) atoms. The zero-order chi connectivity index (χ0) is 45.6. The first-order chi connectivity index (χ1) is 27.9. The van der Waals surface area contributed by atoms with E-state index in [9.17, 15) is 14.4 Å². The van der Waals surface area contributed by atoms with E-state index in [2.05, 4.69) is 122 Å². The smallest absolute Gasteiger partial charge is 0.333 e. The molecule has 0 saturated carbocycles. The summed E-state index contributed by atoms with van der Waals surface area (Å²) in [4.78, 5) is 34.0. The monoisotopic (exact) mass is 894 g/mol. The van der Waals surface area contributed by atoms with E-state index in [-0.39, 0.29) is 18.5 Å². The van der Waals surface area contributed by atoms with Crippen LogP contribution in [0.2, 0.25) is 76.6 Å². The second kappa shape index (κ2) is 26.5. The van der Waals surface area contributed by atoms with Crippen molar-refractivity contribution in [3.63, 3.8) is 0 Å². The predicted octanol–water partition coefficient (Wildman–Crippen LogP) is 11.8. The molecule has 0 spiro atoms. The summed E-state index contributed by atoms with van der Waals surface area (Å²) in [6.45, 7) is 41.0. The summed E-state index contributed by atoms with van der Waals surface area (Å²) in [6.07, 6.45) is 6.39. The fraction of sp³-hybridized carbons (Fsp3) is 0.468. The molecular weight excluding hydrogens is 821 g/mol. The molecule has 0 N–H and O–H groups in total. The predicted molar refractivity (Wildman–Crippen MR) is 257 cm³/mol. The molecule has 2 aromatic rings. The van der Waals surface area contributed by atoms with E-state index in [1.165, 1.54) is 17.2 Å². The number of carbonyl (C=O) groups excluding carboxylic acids is 3. The minimum absolute atomic E-state index is 0.270. The zero-order valence-corrected chi connectivity index (χ0v) is 42.5. The number of ether oxygens (including phenoxy) is 4. The van der Waals surface area contributed by atoms with Gasteiger partial charge < -0.3 is 27.2 Å². The van der Waals surface area contributed by atoms with Gasteiger partial charge in [-0.05, 0) is 144 Å². The molecule has 332 valence electrons. The number of esters is 3. The van der Waals surface area contributed by atoms with Crippen molar-refractivity contribution in [2.45, 2.75) is 129 Å². The second-order valence-corrected chi connectivity index (χ2v) is 35.4. The van der Waals surface area contributed by atoms with Crippen molar-refractivity contribution in [3.05, 3.63) is 133 Å². The van der Waals surface area contributed by atoms with Crippen molar-refractivity contribution in [2.24, 2.45) is 0 Å². The highest BCUT2D eigenvalue weighted by molar-refractivity contribution is 6.85. The van der Waals surface area contributed by atoms with Crippen LogP contribution in [0.25, 0.3) is 0 Å². The fourth-order valence-corrected chi connectivity index (χ4v) is 23.7. The third-order valence-electron chi connectivity index (χ3n) is 9.33. The normalized spacial score (nSPS) is 11.6. The molecular formula is C47H74O9Si4. The molecule has 0 heterocycles. The molecule has 2 aromatic carbocycles. The molecule has 0 aliphatic rings. The number of carbonyl (C=O) groups is 3. The average Bonchev–Trinajstić information content (AvgIpc) is 3.17. The van der Waals surface area contributed by atoms with Gasteiger partial charge in [0.1, 0.15) is 19.0 Å². The van der Waals surface area contributed by atoms with Crippen LogP contribution >= 0.6 is 0 Å². The summed E-state index contributed by atoms with van der Waals surface area (Å²) >= 11 is 0. The lowest BCUT2D eigenvalue weighted by atomic mass is 10.1. The SMILES string of the molecule is C=C(C)C(=O)OCCC[Si](C)(C)O[Si](C)(C)CCCOC(=O)C(=C)C.C=CC(=C)OCc1cccc(CC[Si](C)(C)O[Si](C)(C)CCc2cccc(COC(=O)C=C)c2)c1. The van der Waals surface area contributed by atoms with E-state index in [1.54, 1.807) is 19.9 Å². The molecule has 0 amide bonds.